The molecule has 0 unspecified atom stereocenters. The molecule has 0 bridgehead atoms. The molecule has 0 aliphatic heterocycles. The van der Waals surface area contributed by atoms with Crippen LogP contribution in [-0.4, -0.2) is 0 Å². The van der Waals surface area contributed by atoms with E-state index in [-0.39, 0.29) is 0 Å². The predicted octanol–water partition coefficient (Wildman–Crippen LogP) is 29.0. The van der Waals surface area contributed by atoms with Gasteiger partial charge < -0.3 is 0 Å². The second kappa shape index (κ2) is 33.9. The molecule has 9 aromatic heterocycles. The fourth-order valence-electron chi connectivity index (χ4n) is 12.4. The number of thiophene rings is 9. The summed E-state index contributed by atoms with van der Waals surface area (Å²) in [5.74, 6) is 0. The second-order valence-electron chi connectivity index (χ2n) is 24.0. The topological polar surface area (TPSA) is 0 Å². The Morgan fingerprint density at radius 1 is 0.200 bits per heavy atom. The molecule has 9 heteroatoms. The molecule has 0 aliphatic rings. The summed E-state index contributed by atoms with van der Waals surface area (Å²) in [6, 6.07) is 20.1. The zero-order valence-electron chi connectivity index (χ0n) is 53.7. The molecule has 0 atom stereocenters. The molecule has 0 saturated heterocycles. The van der Waals surface area contributed by atoms with Crippen LogP contribution in [0.2, 0.25) is 0 Å². The number of rotatable bonds is 38. The maximum absolute atomic E-state index is 2.54. The van der Waals surface area contributed by atoms with Crippen LogP contribution in [0.3, 0.4) is 0 Å². The van der Waals surface area contributed by atoms with E-state index in [9.17, 15) is 0 Å². The molecule has 0 aromatic carbocycles. The summed E-state index contributed by atoms with van der Waals surface area (Å²) in [5, 5.41) is 5.01. The van der Waals surface area contributed by atoms with Crippen molar-refractivity contribution in [2.75, 3.05) is 0 Å². The van der Waals surface area contributed by atoms with Gasteiger partial charge in [-0.15, -0.1) is 102 Å². The highest BCUT2D eigenvalue weighted by Crippen LogP contribution is 2.55. The van der Waals surface area contributed by atoms with Crippen molar-refractivity contribution >= 4 is 102 Å². The van der Waals surface area contributed by atoms with Gasteiger partial charge in [-0.3, -0.25) is 0 Å². The highest BCUT2D eigenvalue weighted by Gasteiger charge is 2.28. The van der Waals surface area contributed by atoms with Crippen molar-refractivity contribution < 1.29 is 0 Å². The number of hydrogen-bond acceptors (Lipinski definition) is 9. The molecule has 9 heterocycles. The summed E-state index contributed by atoms with van der Waals surface area (Å²) in [6.07, 6.45) is 36.7. The van der Waals surface area contributed by atoms with Gasteiger partial charge in [0.05, 0.1) is 0 Å². The van der Waals surface area contributed by atoms with Crippen LogP contribution >= 0.6 is 102 Å². The summed E-state index contributed by atoms with van der Waals surface area (Å²) in [7, 11) is 0. The second-order valence-corrected chi connectivity index (χ2v) is 33.1. The van der Waals surface area contributed by atoms with Crippen LogP contribution < -0.4 is 0 Å². The Hall–Kier alpha value is -2.70. The fourth-order valence-corrected chi connectivity index (χ4v) is 24.1. The molecule has 0 nitrogen and oxygen atoms in total. The Labute approximate surface area is 551 Å². The third-order valence-corrected chi connectivity index (χ3v) is 29.1. The minimum Gasteiger partial charge on any atom is -0.142 e. The smallest absolute Gasteiger partial charge is 0.0484 e. The molecule has 0 aliphatic carbocycles. The lowest BCUT2D eigenvalue weighted by Gasteiger charge is -2.09. The first kappa shape index (κ1) is 66.7. The van der Waals surface area contributed by atoms with E-state index in [4.69, 9.17) is 0 Å². The minimum absolute atomic E-state index is 1.16. The van der Waals surface area contributed by atoms with Crippen LogP contribution in [-0.2, 0) is 64.2 Å². The Morgan fingerprint density at radius 3 is 0.576 bits per heavy atom. The van der Waals surface area contributed by atoms with E-state index in [1.54, 1.807) is 94.7 Å². The van der Waals surface area contributed by atoms with E-state index in [1.165, 1.54) is 219 Å². The van der Waals surface area contributed by atoms with Gasteiger partial charge in [-0.1, -0.05) is 133 Å². The average molecular weight is 1300 g/mol. The van der Waals surface area contributed by atoms with E-state index in [0.29, 0.717) is 0 Å². The van der Waals surface area contributed by atoms with Crippen LogP contribution in [0.4, 0.5) is 0 Å². The lowest BCUT2D eigenvalue weighted by Crippen LogP contribution is -1.94. The first-order chi connectivity index (χ1) is 41.8. The van der Waals surface area contributed by atoms with Crippen LogP contribution in [0, 0.1) is 0 Å². The third kappa shape index (κ3) is 15.9. The van der Waals surface area contributed by atoms with E-state index in [2.05, 4.69) is 208 Å². The number of aryl methyl sites for hydroxylation is 2. The van der Waals surface area contributed by atoms with E-state index in [1.807, 2.05) is 22.7 Å². The number of hydrogen-bond donors (Lipinski definition) is 0. The van der Waals surface area contributed by atoms with Crippen molar-refractivity contribution in [2.45, 2.75) is 262 Å². The summed E-state index contributed by atoms with van der Waals surface area (Å²) in [4.78, 5) is 24.2. The molecule has 0 fully saturated rings. The molecule has 0 N–H and O–H groups in total. The molecular weight excluding hydrogens is 1200 g/mol. The molecule has 0 radical (unpaired) electrons. The van der Waals surface area contributed by atoms with E-state index < -0.39 is 0 Å². The fraction of sp³-hybridized carbons (Fsp3) is 0.526. The van der Waals surface area contributed by atoms with Gasteiger partial charge in [0.15, 0.2) is 0 Å². The highest BCUT2D eigenvalue weighted by molar-refractivity contribution is 7.32. The minimum atomic E-state index is 1.16. The largest absolute Gasteiger partial charge is 0.142 e. The SMILES string of the molecule is CCCCc1csc(-c2ccc(-c3sc(-c4ccc(-c5sc(-c6ccc(-c7sc(-c8ccc(-c9scc(CCCC)c9CCCC)s8)c(CCCC)c7CCCC)s6)c(CCCC)c5CCCC)s4)c(CCCC)c3CCCC)s2)c1CCCC. The number of unbranched alkanes of at least 4 members (excludes halogenated alkanes) is 10. The van der Waals surface area contributed by atoms with Gasteiger partial charge in [-0.25, -0.2) is 0 Å². The Morgan fingerprint density at radius 2 is 0.376 bits per heavy atom. The lowest BCUT2D eigenvalue weighted by atomic mass is 9.97. The molecule has 0 amide bonds. The maximum atomic E-state index is 2.54. The van der Waals surface area contributed by atoms with Gasteiger partial charge in [0.25, 0.3) is 0 Å². The molecule has 458 valence electrons. The van der Waals surface area contributed by atoms with Crippen molar-refractivity contribution in [3.05, 3.63) is 115 Å². The Kier molecular flexibility index (Phi) is 26.6. The quantitative estimate of drug-likeness (QED) is 0.0362. The van der Waals surface area contributed by atoms with Crippen LogP contribution in [0.15, 0.2) is 59.3 Å². The van der Waals surface area contributed by atoms with Gasteiger partial charge >= 0.3 is 0 Å². The predicted molar refractivity (Wildman–Crippen MR) is 397 cm³/mol. The van der Waals surface area contributed by atoms with Crippen molar-refractivity contribution in [2.24, 2.45) is 0 Å². The lowest BCUT2D eigenvalue weighted by molar-refractivity contribution is 0.763. The first-order valence-corrected chi connectivity index (χ1v) is 41.3. The van der Waals surface area contributed by atoms with Gasteiger partial charge in [-0.2, -0.15) is 0 Å². The monoisotopic (exact) mass is 1300 g/mol. The first-order valence-electron chi connectivity index (χ1n) is 33.8. The molecular formula is C76H100S9. The van der Waals surface area contributed by atoms with Crippen molar-refractivity contribution in [3.8, 4) is 78.0 Å². The Bertz CT molecular complexity index is 3210. The zero-order chi connectivity index (χ0) is 59.7. The van der Waals surface area contributed by atoms with Crippen molar-refractivity contribution in [1.82, 2.24) is 0 Å². The van der Waals surface area contributed by atoms with Crippen molar-refractivity contribution in [3.63, 3.8) is 0 Å². The summed E-state index contributed by atoms with van der Waals surface area (Å²) in [5.41, 5.74) is 16.4. The normalized spacial score (nSPS) is 11.9. The van der Waals surface area contributed by atoms with E-state index in [0.717, 1.165) is 12.8 Å². The molecule has 0 spiro atoms. The molecule has 9 rings (SSSR count). The van der Waals surface area contributed by atoms with Gasteiger partial charge in [-0.05, 0) is 243 Å². The van der Waals surface area contributed by atoms with Gasteiger partial charge in [0.2, 0.25) is 0 Å². The maximum Gasteiger partial charge on any atom is 0.0484 e. The van der Waals surface area contributed by atoms with Gasteiger partial charge in [0.1, 0.15) is 0 Å². The van der Waals surface area contributed by atoms with Gasteiger partial charge in [0, 0.05) is 78.0 Å². The summed E-state index contributed by atoms with van der Waals surface area (Å²) >= 11 is 18.8. The van der Waals surface area contributed by atoms with Crippen LogP contribution in [0.1, 0.15) is 253 Å². The molecule has 0 saturated carbocycles. The summed E-state index contributed by atoms with van der Waals surface area (Å²) in [6.45, 7) is 23.6. The zero-order valence-corrected chi connectivity index (χ0v) is 61.0. The van der Waals surface area contributed by atoms with Crippen molar-refractivity contribution in [1.29, 1.82) is 0 Å². The average Bonchev–Trinajstić information content (AvgIpc) is 2.08. The highest BCUT2D eigenvalue weighted by atomic mass is 32.1. The van der Waals surface area contributed by atoms with Crippen LogP contribution in [0.5, 0.6) is 0 Å². The standard InChI is InChI=1S/C76H100S9/c1-11-21-31-51-49-77-69(53(51)33-23-13-3)61-41-43-63(79-61)71-55(35-25-15-5)57(37-27-17-7)73(83-71)65-45-47-67(81-65)75-59(39-29-19-9)60(40-30-20-10)76(85-75)68-48-46-66(82-68)74-58(38-28-18-8)56(36-26-16-6)72(84-74)64-44-42-62(80-64)70-54(34-24-14-4)52(50-78-70)32-22-12-2/h41-50H,11-40H2,1-10H3. The molecule has 9 aromatic rings. The summed E-state index contributed by atoms with van der Waals surface area (Å²) < 4.78 is 0. The molecule has 85 heavy (non-hydrogen) atoms. The van der Waals surface area contributed by atoms with Crippen LogP contribution in [0.25, 0.3) is 78.0 Å². The Balaban J connectivity index is 1.11. The van der Waals surface area contributed by atoms with E-state index >= 15 is 0 Å². The third-order valence-electron chi connectivity index (χ3n) is 17.4.